The van der Waals surface area contributed by atoms with Crippen LogP contribution in [0, 0.1) is 0 Å². The number of anilines is 1. The lowest BCUT2D eigenvalue weighted by molar-refractivity contribution is -0.113. The number of thioether (sulfide) groups is 1. The molecule has 0 aliphatic rings. The summed E-state index contributed by atoms with van der Waals surface area (Å²) in [6, 6.07) is 6.47. The first-order valence-corrected chi connectivity index (χ1v) is 9.19. The van der Waals surface area contributed by atoms with Gasteiger partial charge in [0.05, 0.1) is 17.9 Å². The molecule has 0 aliphatic heterocycles. The summed E-state index contributed by atoms with van der Waals surface area (Å²) in [7, 11) is 0. The number of carbonyl (C=O) groups excluding carboxylic acids is 2. The maximum Gasteiger partial charge on any atom is 0.338 e. The van der Waals surface area contributed by atoms with Crippen molar-refractivity contribution < 1.29 is 14.3 Å². The summed E-state index contributed by atoms with van der Waals surface area (Å²) in [6.07, 6.45) is 4.00. The molecule has 0 spiro atoms. The fraction of sp³-hybridized carbons (Fsp3) is 0.353. The van der Waals surface area contributed by atoms with Gasteiger partial charge in [-0.1, -0.05) is 31.5 Å². The maximum atomic E-state index is 11.9. The number of aromatic nitrogens is 3. The van der Waals surface area contributed by atoms with Crippen LogP contribution in [0.1, 0.15) is 36.5 Å². The fourth-order valence-corrected chi connectivity index (χ4v) is 2.60. The molecule has 0 unspecified atom stereocenters. The number of nitrogens with zero attached hydrogens (tertiary/aromatic N) is 2. The normalized spacial score (nSPS) is 10.3. The van der Waals surface area contributed by atoms with Crippen molar-refractivity contribution in [2.75, 3.05) is 17.7 Å². The van der Waals surface area contributed by atoms with Crippen LogP contribution >= 0.6 is 11.8 Å². The number of amides is 1. The molecule has 0 atom stereocenters. The number of nitrogens with one attached hydrogen (secondary N) is 2. The van der Waals surface area contributed by atoms with Gasteiger partial charge < -0.3 is 10.1 Å². The number of hydrogen-bond acceptors (Lipinski definition) is 7. The van der Waals surface area contributed by atoms with Crippen LogP contribution in [0.15, 0.2) is 40.4 Å². The summed E-state index contributed by atoms with van der Waals surface area (Å²) in [4.78, 5) is 37.4. The number of unbranched alkanes of at least 4 members (excludes halogenated alkanes) is 2. The number of H-pyrrole nitrogens is 1. The number of ether oxygens (including phenoxy) is 1. The highest BCUT2D eigenvalue weighted by Crippen LogP contribution is 2.13. The van der Waals surface area contributed by atoms with Gasteiger partial charge in [-0.3, -0.25) is 14.6 Å². The Hall–Kier alpha value is -2.68. The van der Waals surface area contributed by atoms with Crippen molar-refractivity contribution in [1.29, 1.82) is 0 Å². The molecule has 1 aromatic carbocycles. The highest BCUT2D eigenvalue weighted by molar-refractivity contribution is 7.99. The third-order valence-electron chi connectivity index (χ3n) is 3.28. The van der Waals surface area contributed by atoms with Crippen molar-refractivity contribution in [2.24, 2.45) is 0 Å². The number of rotatable bonds is 9. The van der Waals surface area contributed by atoms with Gasteiger partial charge in [0.1, 0.15) is 6.20 Å². The number of benzene rings is 1. The Morgan fingerprint density at radius 3 is 2.69 bits per heavy atom. The molecular weight excluding hydrogens is 356 g/mol. The zero-order valence-corrected chi connectivity index (χ0v) is 15.2. The molecule has 26 heavy (non-hydrogen) atoms. The Morgan fingerprint density at radius 1 is 1.23 bits per heavy atom. The van der Waals surface area contributed by atoms with Crippen LogP contribution in [-0.4, -0.2) is 39.4 Å². The van der Waals surface area contributed by atoms with Gasteiger partial charge in [-0.15, -0.1) is 5.10 Å². The van der Waals surface area contributed by atoms with E-state index in [1.165, 1.54) is 0 Å². The van der Waals surface area contributed by atoms with Gasteiger partial charge in [0.25, 0.3) is 5.56 Å². The Morgan fingerprint density at radius 2 is 2.00 bits per heavy atom. The minimum atomic E-state index is -0.375. The molecule has 2 aromatic rings. The molecular formula is C17H20N4O4S. The second kappa shape index (κ2) is 10.3. The predicted octanol–water partition coefficient (Wildman–Crippen LogP) is 2.24. The van der Waals surface area contributed by atoms with E-state index in [9.17, 15) is 14.4 Å². The van der Waals surface area contributed by atoms with Gasteiger partial charge in [0.15, 0.2) is 5.16 Å². The van der Waals surface area contributed by atoms with Crippen LogP contribution in [0.3, 0.4) is 0 Å². The molecule has 2 rings (SSSR count). The van der Waals surface area contributed by atoms with Crippen molar-refractivity contribution in [2.45, 2.75) is 31.3 Å². The minimum absolute atomic E-state index is 0.0653. The average Bonchev–Trinajstić information content (AvgIpc) is 2.64. The highest BCUT2D eigenvalue weighted by atomic mass is 32.2. The number of esters is 1. The van der Waals surface area contributed by atoms with E-state index in [0.717, 1.165) is 37.2 Å². The first-order valence-electron chi connectivity index (χ1n) is 8.20. The molecule has 8 nitrogen and oxygen atoms in total. The summed E-state index contributed by atoms with van der Waals surface area (Å²) in [5.41, 5.74) is 0.622. The first-order chi connectivity index (χ1) is 12.6. The molecule has 0 saturated carbocycles. The van der Waals surface area contributed by atoms with E-state index in [0.29, 0.717) is 17.9 Å². The van der Waals surface area contributed by atoms with Crippen molar-refractivity contribution in [3.8, 4) is 0 Å². The molecule has 0 radical (unpaired) electrons. The van der Waals surface area contributed by atoms with Crippen LogP contribution in [0.5, 0.6) is 0 Å². The first kappa shape index (κ1) is 19.6. The molecule has 0 bridgehead atoms. The van der Waals surface area contributed by atoms with E-state index in [4.69, 9.17) is 4.74 Å². The smallest absolute Gasteiger partial charge is 0.338 e. The Labute approximate surface area is 154 Å². The number of aromatic amines is 1. The van der Waals surface area contributed by atoms with Gasteiger partial charge in [0, 0.05) is 5.69 Å². The summed E-state index contributed by atoms with van der Waals surface area (Å²) >= 11 is 1.07. The number of carbonyl (C=O) groups is 2. The summed E-state index contributed by atoms with van der Waals surface area (Å²) in [5, 5.41) is 10.2. The minimum Gasteiger partial charge on any atom is -0.462 e. The van der Waals surface area contributed by atoms with Crippen LogP contribution in [-0.2, 0) is 9.53 Å². The zero-order chi connectivity index (χ0) is 18.8. The maximum absolute atomic E-state index is 11.9. The zero-order valence-electron chi connectivity index (χ0n) is 14.4. The van der Waals surface area contributed by atoms with Gasteiger partial charge in [0.2, 0.25) is 5.91 Å². The molecule has 0 fully saturated rings. The van der Waals surface area contributed by atoms with Crippen LogP contribution in [0.4, 0.5) is 5.69 Å². The Kier molecular flexibility index (Phi) is 7.81. The molecule has 0 aliphatic carbocycles. The van der Waals surface area contributed by atoms with Gasteiger partial charge in [-0.2, -0.15) is 5.10 Å². The monoisotopic (exact) mass is 376 g/mol. The molecule has 9 heteroatoms. The van der Waals surface area contributed by atoms with Gasteiger partial charge >= 0.3 is 5.97 Å². The molecule has 1 heterocycles. The van der Waals surface area contributed by atoms with Crippen molar-refractivity contribution in [3.63, 3.8) is 0 Å². The quantitative estimate of drug-likeness (QED) is 0.392. The molecule has 138 valence electrons. The van der Waals surface area contributed by atoms with E-state index in [2.05, 4.69) is 27.4 Å². The van der Waals surface area contributed by atoms with Gasteiger partial charge in [-0.25, -0.2) is 4.79 Å². The van der Waals surface area contributed by atoms with E-state index in [-0.39, 0.29) is 28.3 Å². The largest absolute Gasteiger partial charge is 0.462 e. The van der Waals surface area contributed by atoms with E-state index < -0.39 is 0 Å². The molecule has 1 amide bonds. The predicted molar refractivity (Wildman–Crippen MR) is 98.3 cm³/mol. The SMILES string of the molecule is CCCCCOC(=O)c1ccc(NC(=O)CSc2nncc(=O)[nH]2)cc1. The van der Waals surface area contributed by atoms with E-state index in [1.54, 1.807) is 24.3 Å². The lowest BCUT2D eigenvalue weighted by atomic mass is 10.2. The fourth-order valence-electron chi connectivity index (χ4n) is 1.98. The van der Waals surface area contributed by atoms with Crippen LogP contribution in [0.25, 0.3) is 0 Å². The standard InChI is InChI=1S/C17H20N4O4S/c1-2-3-4-9-25-16(24)12-5-7-13(8-6-12)19-15(23)11-26-17-20-14(22)10-18-21-17/h5-8,10H,2-4,9,11H2,1H3,(H,19,23)(H,20,21,22). The van der Waals surface area contributed by atoms with Crippen LogP contribution < -0.4 is 10.9 Å². The summed E-state index contributed by atoms with van der Waals surface area (Å²) < 4.78 is 5.18. The second-order valence-electron chi connectivity index (χ2n) is 5.40. The third kappa shape index (κ3) is 6.67. The summed E-state index contributed by atoms with van der Waals surface area (Å²) in [5.74, 6) is -0.576. The highest BCUT2D eigenvalue weighted by Gasteiger charge is 2.09. The van der Waals surface area contributed by atoms with Crippen molar-refractivity contribution >= 4 is 29.3 Å². The Bertz CT molecular complexity index is 792. The lowest BCUT2D eigenvalue weighted by Crippen LogP contribution is -2.15. The van der Waals surface area contributed by atoms with Gasteiger partial charge in [-0.05, 0) is 30.7 Å². The number of hydrogen-bond donors (Lipinski definition) is 2. The molecule has 1 aromatic heterocycles. The van der Waals surface area contributed by atoms with E-state index >= 15 is 0 Å². The molecule has 0 saturated heterocycles. The van der Waals surface area contributed by atoms with E-state index in [1.807, 2.05) is 0 Å². The molecule has 2 N–H and O–H groups in total. The summed E-state index contributed by atoms with van der Waals surface area (Å²) in [6.45, 7) is 2.49. The van der Waals surface area contributed by atoms with Crippen molar-refractivity contribution in [3.05, 3.63) is 46.4 Å². The van der Waals surface area contributed by atoms with Crippen LogP contribution in [0.2, 0.25) is 0 Å². The van der Waals surface area contributed by atoms with Crippen molar-refractivity contribution in [1.82, 2.24) is 15.2 Å². The third-order valence-corrected chi connectivity index (χ3v) is 4.14. The average molecular weight is 376 g/mol. The Balaban J connectivity index is 1.79. The topological polar surface area (TPSA) is 114 Å². The second-order valence-corrected chi connectivity index (χ2v) is 6.36. The lowest BCUT2D eigenvalue weighted by Gasteiger charge is -2.07.